The molecule has 3 aromatic rings. The van der Waals surface area contributed by atoms with Gasteiger partial charge in [-0.1, -0.05) is 48.5 Å². The van der Waals surface area contributed by atoms with E-state index in [1.165, 1.54) is 21.9 Å². The molecule has 0 fully saturated rings. The Bertz CT molecular complexity index is 874. The molecule has 3 heteroatoms. The van der Waals surface area contributed by atoms with E-state index in [1.807, 2.05) is 12.1 Å². The zero-order valence-corrected chi connectivity index (χ0v) is 12.0. The Balaban J connectivity index is 1.83. The maximum Gasteiger partial charge on any atom is 0.145 e. The lowest BCUT2D eigenvalue weighted by molar-refractivity contribution is -0.00296. The van der Waals surface area contributed by atoms with Gasteiger partial charge in [-0.3, -0.25) is 0 Å². The second-order valence-corrected chi connectivity index (χ2v) is 5.77. The Morgan fingerprint density at radius 3 is 2.50 bits per heavy atom. The molecule has 0 spiro atoms. The summed E-state index contributed by atoms with van der Waals surface area (Å²) in [6, 6.07) is 21.2. The first-order valence-electron chi connectivity index (χ1n) is 7.52. The standard InChI is InChI=1S/C19H15NO2/c1-2-6-14-13(5-1)9-10-17-18(14)19-15-7-3-4-8-16(15)21-11-20(19)12-22-17/h1-10,19H,11-12H2. The van der Waals surface area contributed by atoms with Crippen LogP contribution in [0.4, 0.5) is 0 Å². The monoisotopic (exact) mass is 289 g/mol. The Labute approximate surface area is 128 Å². The van der Waals surface area contributed by atoms with Gasteiger partial charge in [0.2, 0.25) is 0 Å². The first kappa shape index (κ1) is 12.1. The highest BCUT2D eigenvalue weighted by molar-refractivity contribution is 5.89. The lowest BCUT2D eigenvalue weighted by Gasteiger charge is -2.41. The lowest BCUT2D eigenvalue weighted by atomic mass is 9.90. The van der Waals surface area contributed by atoms with Crippen LogP contribution in [0.15, 0.2) is 60.7 Å². The molecule has 0 aliphatic carbocycles. The molecule has 3 aromatic carbocycles. The molecule has 0 N–H and O–H groups in total. The van der Waals surface area contributed by atoms with Crippen LogP contribution in [0.25, 0.3) is 10.8 Å². The molecule has 0 radical (unpaired) electrons. The van der Waals surface area contributed by atoms with Gasteiger partial charge in [-0.05, 0) is 22.9 Å². The molecule has 0 amide bonds. The minimum absolute atomic E-state index is 0.194. The molecular formula is C19H15NO2. The number of hydrogen-bond donors (Lipinski definition) is 0. The minimum Gasteiger partial charge on any atom is -0.478 e. The van der Waals surface area contributed by atoms with Crippen LogP contribution in [0.2, 0.25) is 0 Å². The maximum atomic E-state index is 5.96. The number of nitrogens with zero attached hydrogens (tertiary/aromatic N) is 1. The van der Waals surface area contributed by atoms with E-state index in [9.17, 15) is 0 Å². The van der Waals surface area contributed by atoms with Gasteiger partial charge >= 0.3 is 0 Å². The van der Waals surface area contributed by atoms with Gasteiger partial charge < -0.3 is 9.47 Å². The van der Waals surface area contributed by atoms with E-state index in [-0.39, 0.29) is 6.04 Å². The predicted molar refractivity (Wildman–Crippen MR) is 85.1 cm³/mol. The molecule has 108 valence electrons. The summed E-state index contributed by atoms with van der Waals surface area (Å²) in [4.78, 5) is 2.23. The molecule has 22 heavy (non-hydrogen) atoms. The second-order valence-electron chi connectivity index (χ2n) is 5.77. The van der Waals surface area contributed by atoms with Crippen LogP contribution in [0.5, 0.6) is 11.5 Å². The number of hydrogen-bond acceptors (Lipinski definition) is 3. The molecule has 2 aliphatic heterocycles. The third kappa shape index (κ3) is 1.60. The van der Waals surface area contributed by atoms with Crippen molar-refractivity contribution in [3.63, 3.8) is 0 Å². The van der Waals surface area contributed by atoms with Gasteiger partial charge in [-0.15, -0.1) is 0 Å². The van der Waals surface area contributed by atoms with Crippen molar-refractivity contribution >= 4 is 10.8 Å². The first-order chi connectivity index (χ1) is 10.9. The Morgan fingerprint density at radius 1 is 0.773 bits per heavy atom. The smallest absolute Gasteiger partial charge is 0.145 e. The Morgan fingerprint density at radius 2 is 1.55 bits per heavy atom. The molecular weight excluding hydrogens is 274 g/mol. The molecule has 2 heterocycles. The summed E-state index contributed by atoms with van der Waals surface area (Å²) in [5.41, 5.74) is 2.47. The summed E-state index contributed by atoms with van der Waals surface area (Å²) in [5.74, 6) is 1.96. The van der Waals surface area contributed by atoms with Crippen molar-refractivity contribution < 1.29 is 9.47 Å². The van der Waals surface area contributed by atoms with E-state index in [4.69, 9.17) is 9.47 Å². The van der Waals surface area contributed by atoms with Crippen LogP contribution in [-0.2, 0) is 0 Å². The van der Waals surface area contributed by atoms with Gasteiger partial charge in [0.15, 0.2) is 0 Å². The number of fused-ring (bicyclic) bond motifs is 7. The summed E-state index contributed by atoms with van der Waals surface area (Å²) >= 11 is 0. The highest BCUT2D eigenvalue weighted by atomic mass is 16.5. The van der Waals surface area contributed by atoms with Crippen molar-refractivity contribution in [2.24, 2.45) is 0 Å². The summed E-state index contributed by atoms with van der Waals surface area (Å²) in [7, 11) is 0. The molecule has 0 saturated carbocycles. The van der Waals surface area contributed by atoms with Crippen LogP contribution < -0.4 is 9.47 Å². The van der Waals surface area contributed by atoms with Crippen LogP contribution in [0.3, 0.4) is 0 Å². The fourth-order valence-corrected chi connectivity index (χ4v) is 3.55. The van der Waals surface area contributed by atoms with Crippen LogP contribution in [0, 0.1) is 0 Å². The van der Waals surface area contributed by atoms with Crippen LogP contribution in [0.1, 0.15) is 17.2 Å². The molecule has 1 unspecified atom stereocenters. The molecule has 0 saturated heterocycles. The van der Waals surface area contributed by atoms with Crippen molar-refractivity contribution in [3.8, 4) is 11.5 Å². The van der Waals surface area contributed by atoms with E-state index < -0.39 is 0 Å². The van der Waals surface area contributed by atoms with E-state index in [1.54, 1.807) is 0 Å². The van der Waals surface area contributed by atoms with Crippen molar-refractivity contribution in [2.45, 2.75) is 6.04 Å². The van der Waals surface area contributed by atoms with Gasteiger partial charge in [-0.25, -0.2) is 4.90 Å². The summed E-state index contributed by atoms with van der Waals surface area (Å²) in [5, 5.41) is 2.50. The molecule has 0 aromatic heterocycles. The predicted octanol–water partition coefficient (Wildman–Crippen LogP) is 3.93. The van der Waals surface area contributed by atoms with Gasteiger partial charge in [0.05, 0.1) is 6.04 Å². The highest BCUT2D eigenvalue weighted by Crippen LogP contribution is 2.46. The lowest BCUT2D eigenvalue weighted by Crippen LogP contribution is -2.42. The average Bonchev–Trinajstić information content (AvgIpc) is 2.60. The minimum atomic E-state index is 0.194. The van der Waals surface area contributed by atoms with Crippen molar-refractivity contribution in [3.05, 3.63) is 71.8 Å². The third-order valence-corrected chi connectivity index (χ3v) is 4.55. The van der Waals surface area contributed by atoms with E-state index in [2.05, 4.69) is 53.4 Å². The second kappa shape index (κ2) is 4.49. The van der Waals surface area contributed by atoms with Crippen LogP contribution >= 0.6 is 0 Å². The Kier molecular flexibility index (Phi) is 2.46. The number of para-hydroxylation sites is 1. The topological polar surface area (TPSA) is 21.7 Å². The molecule has 0 bridgehead atoms. The molecule has 1 atom stereocenters. The normalized spacial score (nSPS) is 19.5. The maximum absolute atomic E-state index is 5.96. The van der Waals surface area contributed by atoms with E-state index in [0.717, 1.165) is 11.5 Å². The van der Waals surface area contributed by atoms with Crippen molar-refractivity contribution in [1.29, 1.82) is 0 Å². The molecule has 3 nitrogen and oxygen atoms in total. The Hall–Kier alpha value is -2.52. The number of ether oxygens (including phenoxy) is 2. The zero-order chi connectivity index (χ0) is 14.5. The van der Waals surface area contributed by atoms with E-state index in [0.29, 0.717) is 13.5 Å². The summed E-state index contributed by atoms with van der Waals surface area (Å²) in [6.45, 7) is 1.12. The fourth-order valence-electron chi connectivity index (χ4n) is 3.55. The third-order valence-electron chi connectivity index (χ3n) is 4.55. The van der Waals surface area contributed by atoms with Crippen LogP contribution in [-0.4, -0.2) is 18.4 Å². The summed E-state index contributed by atoms with van der Waals surface area (Å²) < 4.78 is 11.8. The number of benzene rings is 3. The largest absolute Gasteiger partial charge is 0.478 e. The quantitative estimate of drug-likeness (QED) is 0.626. The average molecular weight is 289 g/mol. The van der Waals surface area contributed by atoms with Crippen molar-refractivity contribution in [2.75, 3.05) is 13.5 Å². The zero-order valence-electron chi connectivity index (χ0n) is 12.0. The van der Waals surface area contributed by atoms with Gasteiger partial charge in [0.25, 0.3) is 0 Å². The highest BCUT2D eigenvalue weighted by Gasteiger charge is 2.36. The SMILES string of the molecule is c1ccc2c(c1)OCN1COc3ccc4ccccc4c3C21. The molecule has 2 aliphatic rings. The van der Waals surface area contributed by atoms with Gasteiger partial charge in [0, 0.05) is 11.1 Å². The van der Waals surface area contributed by atoms with Gasteiger partial charge in [-0.2, -0.15) is 0 Å². The van der Waals surface area contributed by atoms with Gasteiger partial charge in [0.1, 0.15) is 25.0 Å². The number of rotatable bonds is 0. The van der Waals surface area contributed by atoms with E-state index >= 15 is 0 Å². The first-order valence-corrected chi connectivity index (χ1v) is 7.52. The molecule has 5 rings (SSSR count). The summed E-state index contributed by atoms with van der Waals surface area (Å²) in [6.07, 6.45) is 0. The van der Waals surface area contributed by atoms with Crippen molar-refractivity contribution in [1.82, 2.24) is 4.90 Å². The fraction of sp³-hybridized carbons (Fsp3) is 0.158.